The standard InChI is InChI=1S/C11H21ClS/c1-13-8-4-6-10-5-2-3-7-11(12)9-10/h10-11H,2-9H2,1H3. The van der Waals surface area contributed by atoms with E-state index < -0.39 is 0 Å². The zero-order chi connectivity index (χ0) is 9.52. The number of hydrogen-bond acceptors (Lipinski definition) is 1. The molecule has 0 aliphatic heterocycles. The maximum absolute atomic E-state index is 6.22. The molecule has 78 valence electrons. The van der Waals surface area contributed by atoms with Crippen LogP contribution < -0.4 is 0 Å². The first-order valence-electron chi connectivity index (χ1n) is 5.46. The summed E-state index contributed by atoms with van der Waals surface area (Å²) in [6.07, 6.45) is 11.7. The fraction of sp³-hybridized carbons (Fsp3) is 1.00. The van der Waals surface area contributed by atoms with Gasteiger partial charge in [-0.2, -0.15) is 11.8 Å². The highest BCUT2D eigenvalue weighted by atomic mass is 35.5. The van der Waals surface area contributed by atoms with Crippen LogP contribution in [0, 0.1) is 5.92 Å². The SMILES string of the molecule is CSCCCC1CCCCC(Cl)C1. The summed E-state index contributed by atoms with van der Waals surface area (Å²) in [5.74, 6) is 2.25. The van der Waals surface area contributed by atoms with Crippen molar-refractivity contribution < 1.29 is 0 Å². The van der Waals surface area contributed by atoms with Gasteiger partial charge in [0.25, 0.3) is 0 Å². The quantitative estimate of drug-likeness (QED) is 0.387. The average Bonchev–Trinajstić information content (AvgIpc) is 2.31. The Kier molecular flexibility index (Phi) is 6.31. The molecule has 0 N–H and O–H groups in total. The molecule has 0 spiro atoms. The first-order chi connectivity index (χ1) is 6.33. The Morgan fingerprint density at radius 1 is 1.31 bits per heavy atom. The zero-order valence-corrected chi connectivity index (χ0v) is 10.2. The molecule has 1 aliphatic rings. The van der Waals surface area contributed by atoms with Crippen LogP contribution in [0.4, 0.5) is 0 Å². The minimum atomic E-state index is 0.474. The lowest BCUT2D eigenvalue weighted by atomic mass is 9.95. The third-order valence-corrected chi connectivity index (χ3v) is 4.02. The molecule has 1 aliphatic carbocycles. The van der Waals surface area contributed by atoms with E-state index in [2.05, 4.69) is 6.26 Å². The normalized spacial score (nSPS) is 30.0. The van der Waals surface area contributed by atoms with Crippen molar-refractivity contribution in [1.29, 1.82) is 0 Å². The van der Waals surface area contributed by atoms with E-state index in [1.54, 1.807) is 0 Å². The fourth-order valence-corrected chi connectivity index (χ4v) is 3.04. The highest BCUT2D eigenvalue weighted by Crippen LogP contribution is 2.29. The Balaban J connectivity index is 2.15. The summed E-state index contributed by atoms with van der Waals surface area (Å²) >= 11 is 8.19. The molecule has 0 heterocycles. The van der Waals surface area contributed by atoms with Gasteiger partial charge in [0.15, 0.2) is 0 Å². The van der Waals surface area contributed by atoms with Crippen molar-refractivity contribution in [3.8, 4) is 0 Å². The first kappa shape index (κ1) is 11.7. The molecular formula is C11H21ClS. The van der Waals surface area contributed by atoms with Crippen LogP contribution in [0.2, 0.25) is 0 Å². The Hall–Kier alpha value is 0.640. The van der Waals surface area contributed by atoms with Crippen molar-refractivity contribution in [3.05, 3.63) is 0 Å². The first-order valence-corrected chi connectivity index (χ1v) is 7.29. The Morgan fingerprint density at radius 2 is 2.08 bits per heavy atom. The predicted molar refractivity (Wildman–Crippen MR) is 63.8 cm³/mol. The van der Waals surface area contributed by atoms with E-state index in [0.29, 0.717) is 5.38 Å². The van der Waals surface area contributed by atoms with E-state index in [0.717, 1.165) is 5.92 Å². The maximum atomic E-state index is 6.22. The van der Waals surface area contributed by atoms with Crippen LogP contribution in [0.5, 0.6) is 0 Å². The molecule has 0 aromatic heterocycles. The van der Waals surface area contributed by atoms with Crippen LogP contribution in [-0.4, -0.2) is 17.4 Å². The monoisotopic (exact) mass is 220 g/mol. The van der Waals surface area contributed by atoms with Crippen LogP contribution in [0.1, 0.15) is 44.9 Å². The summed E-state index contributed by atoms with van der Waals surface area (Å²) in [5.41, 5.74) is 0. The van der Waals surface area contributed by atoms with Gasteiger partial charge in [-0.1, -0.05) is 19.3 Å². The molecule has 0 aromatic rings. The molecule has 1 fully saturated rings. The number of thioether (sulfide) groups is 1. The third kappa shape index (κ3) is 5.17. The highest BCUT2D eigenvalue weighted by molar-refractivity contribution is 7.98. The van der Waals surface area contributed by atoms with Crippen LogP contribution >= 0.6 is 23.4 Å². The van der Waals surface area contributed by atoms with Gasteiger partial charge in [-0.05, 0) is 43.6 Å². The van der Waals surface area contributed by atoms with Gasteiger partial charge in [-0.3, -0.25) is 0 Å². The molecule has 2 atom stereocenters. The molecule has 2 heteroatoms. The predicted octanol–water partition coefficient (Wildman–Crippen LogP) is 4.32. The van der Waals surface area contributed by atoms with E-state index in [1.807, 2.05) is 11.8 Å². The van der Waals surface area contributed by atoms with E-state index in [4.69, 9.17) is 11.6 Å². The van der Waals surface area contributed by atoms with Gasteiger partial charge < -0.3 is 0 Å². The van der Waals surface area contributed by atoms with Crippen molar-refractivity contribution in [2.24, 2.45) is 5.92 Å². The molecule has 0 saturated heterocycles. The minimum absolute atomic E-state index is 0.474. The summed E-state index contributed by atoms with van der Waals surface area (Å²) in [6, 6.07) is 0. The smallest absolute Gasteiger partial charge is 0.0338 e. The number of halogens is 1. The molecule has 0 radical (unpaired) electrons. The second-order valence-electron chi connectivity index (χ2n) is 4.12. The molecular weight excluding hydrogens is 200 g/mol. The second-order valence-corrected chi connectivity index (χ2v) is 5.72. The van der Waals surface area contributed by atoms with Crippen molar-refractivity contribution in [2.45, 2.75) is 50.3 Å². The van der Waals surface area contributed by atoms with E-state index >= 15 is 0 Å². The highest BCUT2D eigenvalue weighted by Gasteiger charge is 2.17. The van der Waals surface area contributed by atoms with Gasteiger partial charge >= 0.3 is 0 Å². The maximum Gasteiger partial charge on any atom is 0.0338 e. The van der Waals surface area contributed by atoms with Gasteiger partial charge in [-0.25, -0.2) is 0 Å². The molecule has 0 bridgehead atoms. The summed E-state index contributed by atoms with van der Waals surface area (Å²) in [6.45, 7) is 0. The molecule has 0 nitrogen and oxygen atoms in total. The Bertz CT molecular complexity index is 127. The molecule has 2 unspecified atom stereocenters. The van der Waals surface area contributed by atoms with Crippen LogP contribution in [0.3, 0.4) is 0 Å². The van der Waals surface area contributed by atoms with E-state index in [-0.39, 0.29) is 0 Å². The van der Waals surface area contributed by atoms with Crippen molar-refractivity contribution in [2.75, 3.05) is 12.0 Å². The fourth-order valence-electron chi connectivity index (χ4n) is 2.17. The van der Waals surface area contributed by atoms with Crippen LogP contribution in [-0.2, 0) is 0 Å². The summed E-state index contributed by atoms with van der Waals surface area (Å²) < 4.78 is 0. The van der Waals surface area contributed by atoms with Crippen molar-refractivity contribution in [3.63, 3.8) is 0 Å². The Labute approximate surface area is 91.8 Å². The molecule has 13 heavy (non-hydrogen) atoms. The molecule has 0 aromatic carbocycles. The summed E-state index contributed by atoms with van der Waals surface area (Å²) in [4.78, 5) is 0. The number of hydrogen-bond donors (Lipinski definition) is 0. The number of alkyl halides is 1. The van der Waals surface area contributed by atoms with Crippen LogP contribution in [0.15, 0.2) is 0 Å². The van der Waals surface area contributed by atoms with Crippen molar-refractivity contribution >= 4 is 23.4 Å². The lowest BCUT2D eigenvalue weighted by Crippen LogP contribution is -2.05. The zero-order valence-electron chi connectivity index (χ0n) is 8.60. The lowest BCUT2D eigenvalue weighted by molar-refractivity contribution is 0.427. The van der Waals surface area contributed by atoms with E-state index in [1.165, 1.54) is 50.7 Å². The van der Waals surface area contributed by atoms with Gasteiger partial charge in [0, 0.05) is 5.38 Å². The third-order valence-electron chi connectivity index (χ3n) is 2.93. The molecule has 1 saturated carbocycles. The van der Waals surface area contributed by atoms with Crippen LogP contribution in [0.25, 0.3) is 0 Å². The summed E-state index contributed by atoms with van der Waals surface area (Å²) in [5, 5.41) is 0.474. The van der Waals surface area contributed by atoms with Gasteiger partial charge in [0.2, 0.25) is 0 Å². The van der Waals surface area contributed by atoms with Gasteiger partial charge in [0.05, 0.1) is 0 Å². The Morgan fingerprint density at radius 3 is 2.85 bits per heavy atom. The van der Waals surface area contributed by atoms with Gasteiger partial charge in [0.1, 0.15) is 0 Å². The van der Waals surface area contributed by atoms with Gasteiger partial charge in [-0.15, -0.1) is 11.6 Å². The minimum Gasteiger partial charge on any atom is -0.165 e. The summed E-state index contributed by atoms with van der Waals surface area (Å²) in [7, 11) is 0. The lowest BCUT2D eigenvalue weighted by Gasteiger charge is -2.15. The van der Waals surface area contributed by atoms with Crippen molar-refractivity contribution in [1.82, 2.24) is 0 Å². The van der Waals surface area contributed by atoms with E-state index in [9.17, 15) is 0 Å². The second kappa shape index (κ2) is 7.00. The topological polar surface area (TPSA) is 0 Å². The molecule has 1 rings (SSSR count). The average molecular weight is 221 g/mol. The molecule has 0 amide bonds. The number of rotatable bonds is 4. The largest absolute Gasteiger partial charge is 0.165 e.